The smallest absolute Gasteiger partial charge is 0.434 e. The van der Waals surface area contributed by atoms with E-state index in [1.165, 1.54) is 40.7 Å². The van der Waals surface area contributed by atoms with E-state index >= 15 is 4.39 Å². The van der Waals surface area contributed by atoms with E-state index < -0.39 is 52.1 Å². The lowest BCUT2D eigenvalue weighted by Gasteiger charge is -2.20. The standard InChI is InChI=1S/C32H28F6N4O3/c1-17-11-20(5-8-27(17)34)25(19-3-4-19)15-39-29(43)24-13-18(16-42-10-9-41(2)30(42)40-31(44)45)12-23(28(24)35)22-7-6-21(33)14-26(22)32(36,37)38/h5-14,19,25H,3-4,15-16H2,1-2H3,(H,39,43)(H,44,45)/b40-30-. The summed E-state index contributed by atoms with van der Waals surface area (Å²) in [4.78, 5) is 28.3. The molecule has 1 fully saturated rings. The predicted molar refractivity (Wildman–Crippen MR) is 152 cm³/mol. The number of hydrogen-bond acceptors (Lipinski definition) is 2. The zero-order chi connectivity index (χ0) is 32.6. The molecule has 1 aromatic heterocycles. The van der Waals surface area contributed by atoms with Crippen LogP contribution in [0.25, 0.3) is 11.1 Å². The highest BCUT2D eigenvalue weighted by molar-refractivity contribution is 5.96. The van der Waals surface area contributed by atoms with Gasteiger partial charge in [0.25, 0.3) is 5.91 Å². The summed E-state index contributed by atoms with van der Waals surface area (Å²) in [5.74, 6) is -3.69. The fraction of sp³-hybridized carbons (Fsp3) is 0.281. The molecule has 3 aromatic carbocycles. The third kappa shape index (κ3) is 6.97. The quantitative estimate of drug-likeness (QED) is 0.210. The number of carbonyl (C=O) groups excluding carboxylic acids is 1. The number of amides is 2. The van der Waals surface area contributed by atoms with E-state index in [1.807, 2.05) is 0 Å². The van der Waals surface area contributed by atoms with Gasteiger partial charge in [-0.3, -0.25) is 4.79 Å². The molecule has 1 aliphatic rings. The summed E-state index contributed by atoms with van der Waals surface area (Å²) in [6, 6.07) is 8.73. The number of nitrogens with one attached hydrogen (secondary N) is 1. The van der Waals surface area contributed by atoms with Gasteiger partial charge in [-0.15, -0.1) is 4.99 Å². The maximum Gasteiger partial charge on any atom is 0.434 e. The topological polar surface area (TPSA) is 88.6 Å². The summed E-state index contributed by atoms with van der Waals surface area (Å²) >= 11 is 0. The number of aromatic nitrogens is 2. The maximum atomic E-state index is 16.1. The molecule has 1 aliphatic carbocycles. The molecule has 7 nitrogen and oxygen atoms in total. The van der Waals surface area contributed by atoms with Gasteiger partial charge in [-0.1, -0.05) is 18.2 Å². The lowest BCUT2D eigenvalue weighted by molar-refractivity contribution is -0.137. The minimum atomic E-state index is -5.05. The summed E-state index contributed by atoms with van der Waals surface area (Å²) in [5.41, 5.74) is -1.91. The second-order valence-corrected chi connectivity index (χ2v) is 11.1. The lowest BCUT2D eigenvalue weighted by Crippen LogP contribution is -2.30. The maximum absolute atomic E-state index is 16.1. The highest BCUT2D eigenvalue weighted by atomic mass is 19.4. The molecule has 1 heterocycles. The van der Waals surface area contributed by atoms with Crippen LogP contribution in [0.15, 0.2) is 65.9 Å². The van der Waals surface area contributed by atoms with Crippen LogP contribution in [0.1, 0.15) is 51.4 Å². The molecule has 0 radical (unpaired) electrons. The first-order chi connectivity index (χ1) is 21.2. The number of imidazole rings is 1. The number of nitrogens with zero attached hydrogens (tertiary/aromatic N) is 3. The number of hydrogen-bond donors (Lipinski definition) is 2. The number of rotatable bonds is 8. The molecular formula is C32H28F6N4O3. The van der Waals surface area contributed by atoms with Gasteiger partial charge < -0.3 is 19.6 Å². The zero-order valence-electron chi connectivity index (χ0n) is 24.1. The van der Waals surface area contributed by atoms with Crippen LogP contribution < -0.4 is 10.9 Å². The summed E-state index contributed by atoms with van der Waals surface area (Å²) in [6.07, 6.45) is -1.81. The molecule has 45 heavy (non-hydrogen) atoms. The van der Waals surface area contributed by atoms with Crippen LogP contribution in [0.2, 0.25) is 0 Å². The third-order valence-electron chi connectivity index (χ3n) is 7.83. The predicted octanol–water partition coefficient (Wildman–Crippen LogP) is 6.79. The lowest BCUT2D eigenvalue weighted by atomic mass is 9.92. The van der Waals surface area contributed by atoms with Crippen molar-refractivity contribution in [1.29, 1.82) is 0 Å². The molecule has 1 unspecified atom stereocenters. The average Bonchev–Trinajstić information content (AvgIpc) is 3.76. The molecule has 0 bridgehead atoms. The Labute approximate surface area is 253 Å². The normalized spacial score (nSPS) is 14.4. The first-order valence-corrected chi connectivity index (χ1v) is 14.0. The third-order valence-corrected chi connectivity index (χ3v) is 7.83. The number of aryl methyl sites for hydroxylation is 2. The van der Waals surface area contributed by atoms with Crippen LogP contribution in [-0.2, 0) is 19.8 Å². The number of benzene rings is 3. The van der Waals surface area contributed by atoms with E-state index in [0.29, 0.717) is 5.56 Å². The number of carbonyl (C=O) groups is 2. The Morgan fingerprint density at radius 3 is 2.40 bits per heavy atom. The summed E-state index contributed by atoms with van der Waals surface area (Å²) in [7, 11) is 1.53. The van der Waals surface area contributed by atoms with Crippen LogP contribution in [0.5, 0.6) is 0 Å². The van der Waals surface area contributed by atoms with Crippen molar-refractivity contribution in [3.8, 4) is 11.1 Å². The van der Waals surface area contributed by atoms with E-state index in [4.69, 9.17) is 0 Å². The van der Waals surface area contributed by atoms with Gasteiger partial charge in [-0.2, -0.15) is 13.2 Å². The van der Waals surface area contributed by atoms with Crippen molar-refractivity contribution in [3.05, 3.63) is 112 Å². The molecule has 2 N–H and O–H groups in total. The van der Waals surface area contributed by atoms with Crippen molar-refractivity contribution >= 4 is 12.0 Å². The molecule has 5 rings (SSSR count). The Hall–Kier alpha value is -4.81. The second kappa shape index (κ2) is 12.3. The minimum Gasteiger partial charge on any atom is -0.463 e. The molecule has 1 saturated carbocycles. The van der Waals surface area contributed by atoms with Gasteiger partial charge in [0.1, 0.15) is 17.5 Å². The van der Waals surface area contributed by atoms with Crippen molar-refractivity contribution in [1.82, 2.24) is 14.5 Å². The van der Waals surface area contributed by atoms with Gasteiger partial charge in [0.05, 0.1) is 17.7 Å². The van der Waals surface area contributed by atoms with Crippen molar-refractivity contribution in [3.63, 3.8) is 0 Å². The van der Waals surface area contributed by atoms with Crippen molar-refractivity contribution < 1.29 is 41.0 Å². The molecule has 0 aliphatic heterocycles. The molecule has 236 valence electrons. The fourth-order valence-electron chi connectivity index (χ4n) is 5.44. The monoisotopic (exact) mass is 630 g/mol. The van der Waals surface area contributed by atoms with Crippen LogP contribution in [0.4, 0.5) is 31.1 Å². The molecule has 2 amide bonds. The Morgan fingerprint density at radius 1 is 1.02 bits per heavy atom. The van der Waals surface area contributed by atoms with Crippen molar-refractivity contribution in [2.45, 2.75) is 38.4 Å². The first kappa shape index (κ1) is 31.6. The SMILES string of the molecule is Cc1cc(C(CNC(=O)c2cc(Cn3ccn(C)/c3=N/C(=O)O)cc(-c3ccc(F)cc3C(F)(F)F)c2F)C2CC2)ccc1F. The fourth-order valence-corrected chi connectivity index (χ4v) is 5.44. The minimum absolute atomic E-state index is 0.0287. The van der Waals surface area contributed by atoms with Gasteiger partial charge in [0.2, 0.25) is 5.62 Å². The highest BCUT2D eigenvalue weighted by Crippen LogP contribution is 2.43. The Bertz CT molecular complexity index is 1860. The van der Waals surface area contributed by atoms with Crippen LogP contribution in [0, 0.1) is 30.3 Å². The molecule has 4 aromatic rings. The van der Waals surface area contributed by atoms with E-state index in [0.717, 1.165) is 36.6 Å². The van der Waals surface area contributed by atoms with Crippen LogP contribution in [-0.4, -0.2) is 32.8 Å². The van der Waals surface area contributed by atoms with Gasteiger partial charge in [0, 0.05) is 37.5 Å². The molecule has 0 spiro atoms. The van der Waals surface area contributed by atoms with Crippen molar-refractivity contribution in [2.75, 3.05) is 6.54 Å². The Kier molecular flexibility index (Phi) is 8.63. The zero-order valence-corrected chi connectivity index (χ0v) is 24.1. The largest absolute Gasteiger partial charge is 0.463 e. The molecular weight excluding hydrogens is 602 g/mol. The summed E-state index contributed by atoms with van der Waals surface area (Å²) in [5, 5.41) is 11.9. The van der Waals surface area contributed by atoms with Crippen LogP contribution in [0.3, 0.4) is 0 Å². The molecule has 13 heteroatoms. The van der Waals surface area contributed by atoms with Crippen molar-refractivity contribution in [2.24, 2.45) is 18.0 Å². The van der Waals surface area contributed by atoms with Gasteiger partial charge >= 0.3 is 12.3 Å². The van der Waals surface area contributed by atoms with E-state index in [1.54, 1.807) is 19.1 Å². The summed E-state index contributed by atoms with van der Waals surface area (Å²) in [6.45, 7) is 1.49. The number of alkyl halides is 3. The average molecular weight is 631 g/mol. The summed E-state index contributed by atoms with van der Waals surface area (Å²) < 4.78 is 88.6. The molecule has 0 saturated heterocycles. The molecule has 1 atom stereocenters. The van der Waals surface area contributed by atoms with Gasteiger partial charge in [0.15, 0.2) is 0 Å². The van der Waals surface area contributed by atoms with Crippen LogP contribution >= 0.6 is 0 Å². The van der Waals surface area contributed by atoms with E-state index in [2.05, 4.69) is 10.3 Å². The van der Waals surface area contributed by atoms with Gasteiger partial charge in [-0.05, 0) is 78.3 Å². The number of carboxylic acid groups (broad SMARTS) is 1. The second-order valence-electron chi connectivity index (χ2n) is 11.1. The van der Waals surface area contributed by atoms with E-state index in [9.17, 15) is 36.6 Å². The first-order valence-electron chi connectivity index (χ1n) is 14.0. The highest BCUT2D eigenvalue weighted by Gasteiger charge is 2.36. The Morgan fingerprint density at radius 2 is 1.76 bits per heavy atom. The number of halogens is 6. The Balaban J connectivity index is 1.57. The van der Waals surface area contributed by atoms with Gasteiger partial charge in [-0.25, -0.2) is 18.0 Å². The van der Waals surface area contributed by atoms with E-state index in [-0.39, 0.29) is 48.0 Å².